The number of para-hydroxylation sites is 1. The normalized spacial score (nSPS) is 22.3. The van der Waals surface area contributed by atoms with E-state index in [0.717, 1.165) is 17.9 Å². The number of ether oxygens (including phenoxy) is 1. The quantitative estimate of drug-likeness (QED) is 0.306. The van der Waals surface area contributed by atoms with Crippen LogP contribution in [0.25, 0.3) is 10.9 Å². The van der Waals surface area contributed by atoms with Crippen molar-refractivity contribution < 1.29 is 35.5 Å². The second-order valence-electron chi connectivity index (χ2n) is 10.4. The van der Waals surface area contributed by atoms with Crippen LogP contribution < -0.4 is 10.1 Å². The Bertz CT molecular complexity index is 1330. The van der Waals surface area contributed by atoms with Crippen LogP contribution in [0.4, 0.5) is 36.6 Å². The molecule has 2 aliphatic heterocycles. The zero-order valence-electron chi connectivity index (χ0n) is 21.7. The third kappa shape index (κ3) is 5.99. The average Bonchev–Trinajstić information content (AvgIpc) is 3.48. The zero-order valence-corrected chi connectivity index (χ0v) is 21.7. The summed E-state index contributed by atoms with van der Waals surface area (Å²) >= 11 is 0. The molecular formula is C27H30F7N5O. The second-order valence-corrected chi connectivity index (χ2v) is 10.4. The van der Waals surface area contributed by atoms with Crippen molar-refractivity contribution in [3.63, 3.8) is 0 Å². The highest BCUT2D eigenvalue weighted by Gasteiger charge is 2.43. The number of nitrogens with one attached hydrogen (secondary N) is 2. The van der Waals surface area contributed by atoms with E-state index in [9.17, 15) is 30.7 Å². The van der Waals surface area contributed by atoms with Gasteiger partial charge in [-0.25, -0.2) is 4.39 Å². The van der Waals surface area contributed by atoms with Gasteiger partial charge in [0.1, 0.15) is 11.6 Å². The van der Waals surface area contributed by atoms with Crippen LogP contribution in [0.15, 0.2) is 30.3 Å². The molecule has 0 amide bonds. The van der Waals surface area contributed by atoms with Gasteiger partial charge in [-0.05, 0) is 49.9 Å². The lowest BCUT2D eigenvalue weighted by atomic mass is 9.89. The molecule has 6 nitrogen and oxygen atoms in total. The number of pyridine rings is 1. The highest BCUT2D eigenvalue weighted by molar-refractivity contribution is 5.86. The van der Waals surface area contributed by atoms with E-state index in [1.54, 1.807) is 13.0 Å². The SMILES string of the molecule is C[C@@H]1Cc2c([nH]c3c(F)cccc23)C(c2ccc(N[C@H]3CCN(CCCF)C3)nc2OC(F)F)N1CC(F)(F)F. The highest BCUT2D eigenvalue weighted by Crippen LogP contribution is 2.45. The predicted octanol–water partition coefficient (Wildman–Crippen LogP) is 6.05. The number of anilines is 1. The standard InChI is InChI=1S/C27H30F7N5O/c1-15-12-19-17-4-2-5-20(29)22(17)37-23(19)24(39(15)14-27(32,33)34)18-6-7-21(36-25(18)40-26(30)31)35-16-8-11-38(13-16)10-3-9-28/h2,4-7,15-16,24,26,37H,3,8-14H2,1H3,(H,35,36)/t15-,16+,24?/m1/s1. The van der Waals surface area contributed by atoms with E-state index in [0.29, 0.717) is 30.5 Å². The Morgan fingerprint density at radius 2 is 2.00 bits per heavy atom. The van der Waals surface area contributed by atoms with Gasteiger partial charge in [0, 0.05) is 48.4 Å². The van der Waals surface area contributed by atoms with Crippen molar-refractivity contribution in [2.45, 2.75) is 57.1 Å². The number of likely N-dealkylation sites (tertiary alicyclic amines) is 1. The summed E-state index contributed by atoms with van der Waals surface area (Å²) < 4.78 is 100. The van der Waals surface area contributed by atoms with Crippen molar-refractivity contribution in [2.24, 2.45) is 0 Å². The number of aromatic nitrogens is 2. The molecule has 3 aromatic rings. The minimum Gasteiger partial charge on any atom is -0.416 e. The van der Waals surface area contributed by atoms with Crippen molar-refractivity contribution in [3.8, 4) is 5.88 Å². The molecule has 0 spiro atoms. The summed E-state index contributed by atoms with van der Waals surface area (Å²) in [5.74, 6) is -0.853. The van der Waals surface area contributed by atoms with Gasteiger partial charge in [-0.2, -0.15) is 26.9 Å². The number of hydrogen-bond acceptors (Lipinski definition) is 5. The zero-order chi connectivity index (χ0) is 28.6. The van der Waals surface area contributed by atoms with Gasteiger partial charge in [-0.3, -0.25) is 9.29 Å². The van der Waals surface area contributed by atoms with Crippen LogP contribution in [0.3, 0.4) is 0 Å². The monoisotopic (exact) mass is 573 g/mol. The number of aromatic amines is 1. The smallest absolute Gasteiger partial charge is 0.401 e. The Morgan fingerprint density at radius 1 is 1.20 bits per heavy atom. The molecule has 40 heavy (non-hydrogen) atoms. The summed E-state index contributed by atoms with van der Waals surface area (Å²) in [7, 11) is 0. The number of benzene rings is 1. The van der Waals surface area contributed by atoms with Gasteiger partial charge >= 0.3 is 12.8 Å². The van der Waals surface area contributed by atoms with Gasteiger partial charge in [0.15, 0.2) is 0 Å². The first-order valence-corrected chi connectivity index (χ1v) is 13.2. The lowest BCUT2D eigenvalue weighted by Crippen LogP contribution is -2.47. The molecule has 0 bridgehead atoms. The topological polar surface area (TPSA) is 56.4 Å². The minimum absolute atomic E-state index is 0.00542. The molecule has 1 saturated heterocycles. The fourth-order valence-electron chi connectivity index (χ4n) is 5.90. The molecule has 218 valence electrons. The van der Waals surface area contributed by atoms with Crippen LogP contribution >= 0.6 is 0 Å². The third-order valence-electron chi connectivity index (χ3n) is 7.57. The van der Waals surface area contributed by atoms with Crippen molar-refractivity contribution in [3.05, 3.63) is 53.0 Å². The summed E-state index contributed by atoms with van der Waals surface area (Å²) in [6, 6.07) is 5.45. The predicted molar refractivity (Wildman–Crippen MR) is 136 cm³/mol. The molecular weight excluding hydrogens is 543 g/mol. The van der Waals surface area contributed by atoms with Crippen LogP contribution in [-0.2, 0) is 6.42 Å². The molecule has 0 radical (unpaired) electrons. The highest BCUT2D eigenvalue weighted by atomic mass is 19.4. The lowest BCUT2D eigenvalue weighted by molar-refractivity contribution is -0.155. The average molecular weight is 574 g/mol. The molecule has 5 rings (SSSR count). The minimum atomic E-state index is -4.59. The maximum absolute atomic E-state index is 14.7. The first kappa shape index (κ1) is 28.5. The number of hydrogen-bond donors (Lipinski definition) is 2. The van der Waals surface area contributed by atoms with E-state index in [2.05, 4.69) is 20.2 Å². The maximum Gasteiger partial charge on any atom is 0.401 e. The Morgan fingerprint density at radius 3 is 2.73 bits per heavy atom. The number of alkyl halides is 6. The molecule has 1 fully saturated rings. The molecule has 13 heteroatoms. The summed E-state index contributed by atoms with van der Waals surface area (Å²) in [6.45, 7) is -1.45. The Balaban J connectivity index is 1.55. The summed E-state index contributed by atoms with van der Waals surface area (Å²) in [5, 5.41) is 3.70. The van der Waals surface area contributed by atoms with Gasteiger partial charge in [0.25, 0.3) is 0 Å². The van der Waals surface area contributed by atoms with Gasteiger partial charge in [0.2, 0.25) is 5.88 Å². The van der Waals surface area contributed by atoms with Crippen molar-refractivity contribution in [2.75, 3.05) is 38.2 Å². The molecule has 0 saturated carbocycles. The first-order valence-electron chi connectivity index (χ1n) is 13.2. The van der Waals surface area contributed by atoms with E-state index in [1.165, 1.54) is 24.3 Å². The van der Waals surface area contributed by atoms with E-state index < -0.39 is 49.8 Å². The van der Waals surface area contributed by atoms with Crippen LogP contribution in [-0.4, -0.2) is 77.5 Å². The largest absolute Gasteiger partial charge is 0.416 e. The number of H-pyrrole nitrogens is 1. The van der Waals surface area contributed by atoms with Crippen molar-refractivity contribution in [1.29, 1.82) is 0 Å². The molecule has 2 aliphatic rings. The van der Waals surface area contributed by atoms with Crippen molar-refractivity contribution >= 4 is 16.7 Å². The van der Waals surface area contributed by atoms with Gasteiger partial charge < -0.3 is 19.9 Å². The first-order chi connectivity index (χ1) is 19.0. The van der Waals surface area contributed by atoms with Gasteiger partial charge in [-0.15, -0.1) is 0 Å². The molecule has 0 aliphatic carbocycles. The summed E-state index contributed by atoms with van der Waals surface area (Å²) in [4.78, 5) is 10.4. The summed E-state index contributed by atoms with van der Waals surface area (Å²) in [6.07, 6.45) is -3.25. The van der Waals surface area contributed by atoms with E-state index >= 15 is 0 Å². The van der Waals surface area contributed by atoms with Crippen LogP contribution in [0, 0.1) is 5.82 Å². The van der Waals surface area contributed by atoms with Crippen molar-refractivity contribution in [1.82, 2.24) is 19.8 Å². The fourth-order valence-corrected chi connectivity index (χ4v) is 5.90. The summed E-state index contributed by atoms with van der Waals surface area (Å²) in [5.41, 5.74) is 1.05. The van der Waals surface area contributed by atoms with E-state index in [1.807, 2.05) is 0 Å². The molecule has 4 heterocycles. The van der Waals surface area contributed by atoms with Gasteiger partial charge in [-0.1, -0.05) is 12.1 Å². The maximum atomic E-state index is 14.7. The molecule has 3 atom stereocenters. The Hall–Kier alpha value is -3.06. The molecule has 2 N–H and O–H groups in total. The lowest BCUT2D eigenvalue weighted by Gasteiger charge is -2.41. The fraction of sp³-hybridized carbons (Fsp3) is 0.519. The number of fused-ring (bicyclic) bond motifs is 3. The van der Waals surface area contributed by atoms with E-state index in [4.69, 9.17) is 4.74 Å². The van der Waals surface area contributed by atoms with Crippen LogP contribution in [0.1, 0.15) is 42.6 Å². The van der Waals surface area contributed by atoms with E-state index in [-0.39, 0.29) is 35.1 Å². The Labute approximate surface area is 226 Å². The van der Waals surface area contributed by atoms with Crippen LogP contribution in [0.2, 0.25) is 0 Å². The molecule has 1 aromatic carbocycles. The number of halogens is 7. The van der Waals surface area contributed by atoms with Crippen LogP contribution in [0.5, 0.6) is 5.88 Å². The molecule has 1 unspecified atom stereocenters. The number of rotatable bonds is 9. The Kier molecular flexibility index (Phi) is 8.14. The number of nitrogens with zero attached hydrogens (tertiary/aromatic N) is 3. The second kappa shape index (κ2) is 11.4. The molecule has 2 aromatic heterocycles. The third-order valence-corrected chi connectivity index (χ3v) is 7.57. The van der Waals surface area contributed by atoms with Gasteiger partial charge in [0.05, 0.1) is 24.8 Å².